The van der Waals surface area contributed by atoms with Gasteiger partial charge in [-0.2, -0.15) is 0 Å². The van der Waals surface area contributed by atoms with Crippen molar-refractivity contribution in [3.8, 4) is 0 Å². The van der Waals surface area contributed by atoms with Crippen molar-refractivity contribution in [1.29, 1.82) is 0 Å². The first-order valence-corrected chi connectivity index (χ1v) is 7.27. The van der Waals surface area contributed by atoms with Gasteiger partial charge in [-0.25, -0.2) is 4.39 Å². The molecule has 110 valence electrons. The second-order valence-electron chi connectivity index (χ2n) is 5.14. The molecular formula is C17H19FN2S. The molecule has 0 saturated heterocycles. The van der Waals surface area contributed by atoms with Crippen molar-refractivity contribution in [2.75, 3.05) is 5.32 Å². The van der Waals surface area contributed by atoms with Crippen molar-refractivity contribution in [3.63, 3.8) is 0 Å². The van der Waals surface area contributed by atoms with E-state index in [1.807, 2.05) is 6.92 Å². The van der Waals surface area contributed by atoms with E-state index >= 15 is 0 Å². The summed E-state index contributed by atoms with van der Waals surface area (Å²) in [4.78, 5) is 0. The molecule has 4 heteroatoms. The average Bonchev–Trinajstić information content (AvgIpc) is 2.44. The van der Waals surface area contributed by atoms with Gasteiger partial charge < -0.3 is 10.6 Å². The maximum absolute atomic E-state index is 13.6. The molecule has 2 aromatic rings. The molecule has 2 N–H and O–H groups in total. The number of anilines is 1. The fourth-order valence-corrected chi connectivity index (χ4v) is 2.32. The third-order valence-electron chi connectivity index (χ3n) is 3.50. The Balaban J connectivity index is 2.02. The number of hydrogen-bond acceptors (Lipinski definition) is 1. The van der Waals surface area contributed by atoms with Gasteiger partial charge >= 0.3 is 0 Å². The molecule has 0 heterocycles. The van der Waals surface area contributed by atoms with Crippen LogP contribution in [0.2, 0.25) is 0 Å². The molecule has 0 aliphatic rings. The van der Waals surface area contributed by atoms with Gasteiger partial charge in [-0.3, -0.25) is 0 Å². The number of benzene rings is 2. The highest BCUT2D eigenvalue weighted by atomic mass is 32.1. The molecule has 2 aromatic carbocycles. The summed E-state index contributed by atoms with van der Waals surface area (Å²) >= 11 is 5.24. The zero-order chi connectivity index (χ0) is 15.4. The van der Waals surface area contributed by atoms with Crippen LogP contribution in [0.25, 0.3) is 0 Å². The highest BCUT2D eigenvalue weighted by molar-refractivity contribution is 7.80. The highest BCUT2D eigenvalue weighted by Crippen LogP contribution is 2.17. The number of para-hydroxylation sites is 1. The van der Waals surface area contributed by atoms with Crippen molar-refractivity contribution < 1.29 is 4.39 Å². The molecular weight excluding hydrogens is 283 g/mol. The number of thiocarbonyl (C=S) groups is 1. The van der Waals surface area contributed by atoms with Crippen LogP contribution in [0.4, 0.5) is 10.1 Å². The number of rotatable bonds is 3. The van der Waals surface area contributed by atoms with Gasteiger partial charge in [0.1, 0.15) is 5.82 Å². The fraction of sp³-hybridized carbons (Fsp3) is 0.235. The zero-order valence-electron chi connectivity index (χ0n) is 12.4. The average molecular weight is 302 g/mol. The summed E-state index contributed by atoms with van der Waals surface area (Å²) in [6, 6.07) is 12.8. The van der Waals surface area contributed by atoms with Crippen LogP contribution in [0.1, 0.15) is 29.7 Å². The molecule has 0 aromatic heterocycles. The second kappa shape index (κ2) is 6.68. The van der Waals surface area contributed by atoms with E-state index in [4.69, 9.17) is 12.2 Å². The fourth-order valence-electron chi connectivity index (χ4n) is 2.03. The van der Waals surface area contributed by atoms with Crippen LogP contribution in [0.5, 0.6) is 0 Å². The van der Waals surface area contributed by atoms with Gasteiger partial charge in [0, 0.05) is 0 Å². The standard InChI is InChI=1S/C17H19FN2S/c1-11-8-9-14(10-12(11)2)13(3)19-17(21)20-16-7-5-4-6-15(16)18/h4-10,13H,1-3H3,(H2,19,20,21)/t13-/m1/s1. The Morgan fingerprint density at radius 3 is 2.48 bits per heavy atom. The maximum atomic E-state index is 13.6. The lowest BCUT2D eigenvalue weighted by Crippen LogP contribution is -2.31. The summed E-state index contributed by atoms with van der Waals surface area (Å²) < 4.78 is 13.6. The Morgan fingerprint density at radius 2 is 1.81 bits per heavy atom. The first-order valence-electron chi connectivity index (χ1n) is 6.86. The van der Waals surface area contributed by atoms with Gasteiger partial charge in [-0.1, -0.05) is 30.3 Å². The minimum Gasteiger partial charge on any atom is -0.356 e. The van der Waals surface area contributed by atoms with Crippen molar-refractivity contribution in [1.82, 2.24) is 5.32 Å². The minimum absolute atomic E-state index is 0.0519. The molecule has 0 aliphatic carbocycles. The van der Waals surface area contributed by atoms with Crippen LogP contribution in [0.15, 0.2) is 42.5 Å². The largest absolute Gasteiger partial charge is 0.356 e. The van der Waals surface area contributed by atoms with Gasteiger partial charge in [0.25, 0.3) is 0 Å². The van der Waals surface area contributed by atoms with E-state index in [0.29, 0.717) is 10.8 Å². The van der Waals surface area contributed by atoms with Crippen LogP contribution >= 0.6 is 12.2 Å². The highest BCUT2D eigenvalue weighted by Gasteiger charge is 2.09. The number of halogens is 1. The lowest BCUT2D eigenvalue weighted by molar-refractivity contribution is 0.631. The monoisotopic (exact) mass is 302 g/mol. The van der Waals surface area contributed by atoms with Crippen LogP contribution < -0.4 is 10.6 Å². The Hall–Kier alpha value is -1.94. The van der Waals surface area contributed by atoms with Gasteiger partial charge in [0.05, 0.1) is 11.7 Å². The van der Waals surface area contributed by atoms with E-state index in [2.05, 4.69) is 42.7 Å². The SMILES string of the molecule is Cc1ccc([C@@H](C)NC(=S)Nc2ccccc2F)cc1C. The van der Waals surface area contributed by atoms with Gasteiger partial charge in [-0.15, -0.1) is 0 Å². The quantitative estimate of drug-likeness (QED) is 0.817. The van der Waals surface area contributed by atoms with Crippen LogP contribution in [-0.4, -0.2) is 5.11 Å². The van der Waals surface area contributed by atoms with Gasteiger partial charge in [0.2, 0.25) is 0 Å². The van der Waals surface area contributed by atoms with Crippen molar-refractivity contribution in [2.45, 2.75) is 26.8 Å². The predicted octanol–water partition coefficient (Wildman–Crippen LogP) is 4.49. The van der Waals surface area contributed by atoms with Crippen LogP contribution in [-0.2, 0) is 0 Å². The molecule has 0 spiro atoms. The summed E-state index contributed by atoms with van der Waals surface area (Å²) in [6.45, 7) is 6.20. The van der Waals surface area contributed by atoms with E-state index in [-0.39, 0.29) is 11.9 Å². The summed E-state index contributed by atoms with van der Waals surface area (Å²) in [5.41, 5.74) is 4.03. The first-order chi connectivity index (χ1) is 9.97. The van der Waals surface area contributed by atoms with E-state index in [1.54, 1.807) is 18.2 Å². The molecule has 2 rings (SSSR count). The molecule has 1 atom stereocenters. The van der Waals surface area contributed by atoms with E-state index in [1.165, 1.54) is 17.2 Å². The van der Waals surface area contributed by atoms with Crippen molar-refractivity contribution in [3.05, 3.63) is 65.0 Å². The van der Waals surface area contributed by atoms with Gasteiger partial charge in [0.15, 0.2) is 5.11 Å². The van der Waals surface area contributed by atoms with Crippen LogP contribution in [0.3, 0.4) is 0 Å². The van der Waals surface area contributed by atoms with E-state index in [0.717, 1.165) is 5.56 Å². The lowest BCUT2D eigenvalue weighted by Gasteiger charge is -2.18. The number of aryl methyl sites for hydroxylation is 2. The van der Waals surface area contributed by atoms with Crippen molar-refractivity contribution >= 4 is 23.0 Å². The normalized spacial score (nSPS) is 11.8. The molecule has 0 saturated carbocycles. The molecule has 21 heavy (non-hydrogen) atoms. The number of nitrogens with one attached hydrogen (secondary N) is 2. The lowest BCUT2D eigenvalue weighted by atomic mass is 10.0. The second-order valence-corrected chi connectivity index (χ2v) is 5.55. The summed E-state index contributed by atoms with van der Waals surface area (Å²) in [5.74, 6) is -0.319. The molecule has 0 aliphatic heterocycles. The molecule has 2 nitrogen and oxygen atoms in total. The first kappa shape index (κ1) is 15.4. The minimum atomic E-state index is -0.319. The summed E-state index contributed by atoms with van der Waals surface area (Å²) in [5, 5.41) is 6.46. The number of hydrogen-bond donors (Lipinski definition) is 2. The smallest absolute Gasteiger partial charge is 0.171 e. The summed E-state index contributed by atoms with van der Waals surface area (Å²) in [6.07, 6.45) is 0. The topological polar surface area (TPSA) is 24.1 Å². The Labute approximate surface area is 130 Å². The summed E-state index contributed by atoms with van der Waals surface area (Å²) in [7, 11) is 0. The zero-order valence-corrected chi connectivity index (χ0v) is 13.2. The Bertz CT molecular complexity index is 655. The molecule has 0 fully saturated rings. The maximum Gasteiger partial charge on any atom is 0.171 e. The third-order valence-corrected chi connectivity index (χ3v) is 3.72. The van der Waals surface area contributed by atoms with Gasteiger partial charge in [-0.05, 0) is 61.8 Å². The Kier molecular flexibility index (Phi) is 4.91. The van der Waals surface area contributed by atoms with E-state index in [9.17, 15) is 4.39 Å². The predicted molar refractivity (Wildman–Crippen MR) is 90.1 cm³/mol. The molecule has 0 unspecified atom stereocenters. The molecule has 0 radical (unpaired) electrons. The van der Waals surface area contributed by atoms with Crippen molar-refractivity contribution in [2.24, 2.45) is 0 Å². The Morgan fingerprint density at radius 1 is 1.10 bits per heavy atom. The third kappa shape index (κ3) is 4.02. The van der Waals surface area contributed by atoms with Crippen LogP contribution in [0, 0.1) is 19.7 Å². The molecule has 0 amide bonds. The van der Waals surface area contributed by atoms with E-state index < -0.39 is 0 Å². The molecule has 0 bridgehead atoms.